The molecule has 64 valence electrons. The third-order valence-corrected chi connectivity index (χ3v) is 2.30. The molecule has 0 fully saturated rings. The molecule has 0 spiro atoms. The maximum absolute atomic E-state index is 10.7. The highest BCUT2D eigenvalue weighted by atomic mass is 79.9. The fourth-order valence-electron chi connectivity index (χ4n) is 0.775. The van der Waals surface area contributed by atoms with Gasteiger partial charge in [-0.2, -0.15) is 0 Å². The van der Waals surface area contributed by atoms with Crippen LogP contribution in [0, 0.1) is 0 Å². The van der Waals surface area contributed by atoms with Crippen molar-refractivity contribution in [2.45, 2.75) is 3.74 Å². The molecule has 0 saturated heterocycles. The zero-order valence-corrected chi connectivity index (χ0v) is 9.04. The Morgan fingerprint density at radius 2 is 2.25 bits per heavy atom. The maximum Gasteiger partial charge on any atom is 0.336 e. The van der Waals surface area contributed by atoms with Crippen LogP contribution in [0.25, 0.3) is 0 Å². The van der Waals surface area contributed by atoms with Crippen molar-refractivity contribution >= 4 is 37.8 Å². The van der Waals surface area contributed by atoms with Crippen molar-refractivity contribution in [3.63, 3.8) is 0 Å². The molecule has 0 atom stereocenters. The van der Waals surface area contributed by atoms with Gasteiger partial charge in [0.1, 0.15) is 0 Å². The van der Waals surface area contributed by atoms with Gasteiger partial charge >= 0.3 is 5.97 Å². The van der Waals surface area contributed by atoms with Gasteiger partial charge in [-0.05, 0) is 6.07 Å². The number of hydrogen-bond acceptors (Lipinski definition) is 2. The van der Waals surface area contributed by atoms with Crippen molar-refractivity contribution in [3.8, 4) is 0 Å². The van der Waals surface area contributed by atoms with E-state index in [1.54, 1.807) is 0 Å². The molecular weight excluding hydrogens is 290 g/mol. The molecule has 1 aromatic rings. The number of aromatic carboxylic acids is 1. The van der Waals surface area contributed by atoms with Gasteiger partial charge in [-0.25, -0.2) is 4.79 Å². The average molecular weight is 295 g/mol. The summed E-state index contributed by atoms with van der Waals surface area (Å²) in [5.74, 6) is -0.948. The van der Waals surface area contributed by atoms with Crippen molar-refractivity contribution < 1.29 is 9.90 Å². The quantitative estimate of drug-likeness (QED) is 0.853. The second-order valence-electron chi connectivity index (χ2n) is 2.07. The predicted molar refractivity (Wildman–Crippen MR) is 51.8 cm³/mol. The third-order valence-electron chi connectivity index (χ3n) is 1.32. The lowest BCUT2D eigenvalue weighted by Gasteiger charge is -2.04. The highest BCUT2D eigenvalue weighted by molar-refractivity contribution is 9.24. The minimum Gasteiger partial charge on any atom is -0.478 e. The fraction of sp³-hybridized carbons (Fsp3) is 0.143. The Hall–Kier alpha value is -0.420. The van der Waals surface area contributed by atoms with E-state index in [-0.39, 0.29) is 9.30 Å². The molecule has 0 saturated carbocycles. The minimum atomic E-state index is -0.948. The van der Waals surface area contributed by atoms with E-state index in [9.17, 15) is 4.79 Å². The topological polar surface area (TPSA) is 50.2 Å². The van der Waals surface area contributed by atoms with Crippen molar-refractivity contribution in [1.29, 1.82) is 0 Å². The standard InChI is InChI=1S/C7H5Br2NO2/c8-6(9)5-3-10-2-1-4(5)7(11)12/h1-3,6H,(H,11,12). The Bertz CT molecular complexity index is 301. The first-order chi connectivity index (χ1) is 5.63. The molecule has 0 bridgehead atoms. The Morgan fingerprint density at radius 1 is 1.58 bits per heavy atom. The van der Waals surface area contributed by atoms with Gasteiger partial charge < -0.3 is 5.11 Å². The lowest BCUT2D eigenvalue weighted by Crippen LogP contribution is -2.01. The van der Waals surface area contributed by atoms with Gasteiger partial charge in [-0.3, -0.25) is 4.98 Å². The number of pyridine rings is 1. The monoisotopic (exact) mass is 293 g/mol. The van der Waals surface area contributed by atoms with Gasteiger partial charge in [0.2, 0.25) is 0 Å². The molecule has 0 unspecified atom stereocenters. The fourth-order valence-corrected chi connectivity index (χ4v) is 1.51. The second-order valence-corrected chi connectivity index (χ2v) is 5.13. The Kier molecular flexibility index (Phi) is 3.22. The number of halogens is 2. The molecule has 1 N–H and O–H groups in total. The smallest absolute Gasteiger partial charge is 0.336 e. The molecule has 3 nitrogen and oxygen atoms in total. The van der Waals surface area contributed by atoms with Crippen LogP contribution in [0.2, 0.25) is 0 Å². The van der Waals surface area contributed by atoms with Gasteiger partial charge in [-0.1, -0.05) is 31.9 Å². The molecule has 0 aliphatic rings. The second kappa shape index (κ2) is 4.00. The van der Waals surface area contributed by atoms with Crippen molar-refractivity contribution in [2.24, 2.45) is 0 Å². The van der Waals surface area contributed by atoms with Crippen LogP contribution in [0.3, 0.4) is 0 Å². The zero-order chi connectivity index (χ0) is 9.14. The molecule has 0 aliphatic carbocycles. The van der Waals surface area contributed by atoms with Crippen LogP contribution in [0.4, 0.5) is 0 Å². The number of carboxylic acid groups (broad SMARTS) is 1. The maximum atomic E-state index is 10.7. The van der Waals surface area contributed by atoms with Crippen LogP contribution in [-0.4, -0.2) is 16.1 Å². The van der Waals surface area contributed by atoms with Crippen molar-refractivity contribution in [2.75, 3.05) is 0 Å². The van der Waals surface area contributed by atoms with Crippen LogP contribution in [-0.2, 0) is 0 Å². The molecule has 12 heavy (non-hydrogen) atoms. The predicted octanol–water partition coefficient (Wildman–Crippen LogP) is 2.57. The third kappa shape index (κ3) is 2.04. The zero-order valence-electron chi connectivity index (χ0n) is 5.87. The summed E-state index contributed by atoms with van der Waals surface area (Å²) in [7, 11) is 0. The lowest BCUT2D eigenvalue weighted by molar-refractivity contribution is 0.0696. The Morgan fingerprint density at radius 3 is 2.67 bits per heavy atom. The van der Waals surface area contributed by atoms with Gasteiger partial charge in [0.05, 0.1) is 9.30 Å². The molecule has 0 radical (unpaired) electrons. The number of alkyl halides is 2. The summed E-state index contributed by atoms with van der Waals surface area (Å²) < 4.78 is -0.176. The van der Waals surface area contributed by atoms with Crippen molar-refractivity contribution in [1.82, 2.24) is 4.98 Å². The number of nitrogens with zero attached hydrogens (tertiary/aromatic N) is 1. The van der Waals surface area contributed by atoms with E-state index < -0.39 is 5.97 Å². The molecule has 1 rings (SSSR count). The molecular formula is C7H5Br2NO2. The lowest BCUT2D eigenvalue weighted by atomic mass is 10.2. The van der Waals surface area contributed by atoms with Crippen LogP contribution < -0.4 is 0 Å². The molecule has 0 amide bonds. The summed E-state index contributed by atoms with van der Waals surface area (Å²) in [6.07, 6.45) is 2.97. The van der Waals surface area contributed by atoms with Crippen LogP contribution >= 0.6 is 31.9 Å². The molecule has 0 aliphatic heterocycles. The highest BCUT2D eigenvalue weighted by Gasteiger charge is 2.13. The molecule has 0 aromatic carbocycles. The normalized spacial score (nSPS) is 10.2. The van der Waals surface area contributed by atoms with Crippen LogP contribution in [0.15, 0.2) is 18.5 Å². The first-order valence-electron chi connectivity index (χ1n) is 3.08. The summed E-state index contributed by atoms with van der Waals surface area (Å²) in [5.41, 5.74) is 0.869. The van der Waals surface area contributed by atoms with E-state index in [4.69, 9.17) is 5.11 Å². The Balaban J connectivity index is 3.17. The van der Waals surface area contributed by atoms with E-state index >= 15 is 0 Å². The summed E-state index contributed by atoms with van der Waals surface area (Å²) in [6.45, 7) is 0. The minimum absolute atomic E-state index is 0.176. The van der Waals surface area contributed by atoms with E-state index in [1.165, 1.54) is 18.5 Å². The molecule has 1 heterocycles. The first-order valence-corrected chi connectivity index (χ1v) is 4.91. The number of carbonyl (C=O) groups is 1. The number of aromatic nitrogens is 1. The Labute approximate surface area is 86.1 Å². The summed E-state index contributed by atoms with van der Waals surface area (Å²) in [4.78, 5) is 14.5. The van der Waals surface area contributed by atoms with E-state index in [2.05, 4.69) is 36.8 Å². The van der Waals surface area contributed by atoms with Gasteiger partial charge in [0, 0.05) is 18.0 Å². The summed E-state index contributed by atoms with van der Waals surface area (Å²) >= 11 is 6.43. The molecule has 1 aromatic heterocycles. The SMILES string of the molecule is O=C(O)c1ccncc1C(Br)Br. The largest absolute Gasteiger partial charge is 0.478 e. The van der Waals surface area contributed by atoms with Crippen LogP contribution in [0.5, 0.6) is 0 Å². The molecule has 5 heteroatoms. The van der Waals surface area contributed by atoms with Gasteiger partial charge in [0.15, 0.2) is 0 Å². The summed E-state index contributed by atoms with van der Waals surface area (Å²) in [6, 6.07) is 1.47. The number of rotatable bonds is 2. The van der Waals surface area contributed by atoms with E-state index in [1.807, 2.05) is 0 Å². The highest BCUT2D eigenvalue weighted by Crippen LogP contribution is 2.30. The summed E-state index contributed by atoms with van der Waals surface area (Å²) in [5, 5.41) is 8.75. The van der Waals surface area contributed by atoms with E-state index in [0.29, 0.717) is 5.56 Å². The van der Waals surface area contributed by atoms with Gasteiger partial charge in [0.25, 0.3) is 0 Å². The van der Waals surface area contributed by atoms with Crippen molar-refractivity contribution in [3.05, 3.63) is 29.6 Å². The van der Waals surface area contributed by atoms with Gasteiger partial charge in [-0.15, -0.1) is 0 Å². The average Bonchev–Trinajstić information content (AvgIpc) is 2.04. The van der Waals surface area contributed by atoms with E-state index in [0.717, 1.165) is 0 Å². The van der Waals surface area contributed by atoms with Crippen LogP contribution in [0.1, 0.15) is 19.7 Å². The first kappa shape index (κ1) is 9.67. The number of carboxylic acids is 1. The number of hydrogen-bond donors (Lipinski definition) is 1.